The molecule has 0 radical (unpaired) electrons. The zero-order chi connectivity index (χ0) is 18.1. The second kappa shape index (κ2) is 6.87. The third-order valence-electron chi connectivity index (χ3n) is 5.32. The van der Waals surface area contributed by atoms with Crippen molar-refractivity contribution in [1.82, 2.24) is 0 Å². The molecule has 2 aromatic carbocycles. The van der Waals surface area contributed by atoms with Gasteiger partial charge in [-0.3, -0.25) is 4.79 Å². The van der Waals surface area contributed by atoms with Gasteiger partial charge in [0.2, 0.25) is 0 Å². The van der Waals surface area contributed by atoms with Crippen molar-refractivity contribution < 1.29 is 9.53 Å². The molecule has 4 nitrogen and oxygen atoms in total. The van der Waals surface area contributed by atoms with E-state index in [1.807, 2.05) is 35.2 Å². The lowest BCUT2D eigenvalue weighted by Gasteiger charge is -2.32. The van der Waals surface area contributed by atoms with E-state index >= 15 is 0 Å². The number of hydrogen-bond donors (Lipinski definition) is 0. The Morgan fingerprint density at radius 2 is 1.77 bits per heavy atom. The van der Waals surface area contributed by atoms with Gasteiger partial charge in [-0.25, -0.2) is 0 Å². The molecular formula is C22H24N2O2. The van der Waals surface area contributed by atoms with E-state index < -0.39 is 0 Å². The first kappa shape index (κ1) is 16.7. The number of nitrogens with zero attached hydrogens (tertiary/aromatic N) is 2. The van der Waals surface area contributed by atoms with Crippen molar-refractivity contribution in [2.24, 2.45) is 0 Å². The number of fused-ring (bicyclic) bond motifs is 1. The van der Waals surface area contributed by atoms with Gasteiger partial charge in [-0.05, 0) is 61.2 Å². The monoisotopic (exact) mass is 348 g/mol. The van der Waals surface area contributed by atoms with E-state index in [9.17, 15) is 4.79 Å². The summed E-state index contributed by atoms with van der Waals surface area (Å²) in [6, 6.07) is 12.0. The maximum Gasteiger partial charge on any atom is 0.258 e. The molecule has 0 aliphatic carbocycles. The molecule has 2 aliphatic rings. The number of carbonyl (C=O) groups excluding carboxylic acids is 1. The van der Waals surface area contributed by atoms with Crippen LogP contribution in [0.15, 0.2) is 48.6 Å². The topological polar surface area (TPSA) is 32.8 Å². The van der Waals surface area contributed by atoms with Gasteiger partial charge in [-0.15, -0.1) is 0 Å². The Balaban J connectivity index is 1.64. The molecule has 2 aliphatic heterocycles. The summed E-state index contributed by atoms with van der Waals surface area (Å²) in [6.45, 7) is 4.70. The van der Waals surface area contributed by atoms with Crippen LogP contribution < -0.4 is 14.5 Å². The number of anilines is 2. The van der Waals surface area contributed by atoms with Gasteiger partial charge in [0.15, 0.2) is 0 Å². The summed E-state index contributed by atoms with van der Waals surface area (Å²) in [7, 11) is 1.67. The van der Waals surface area contributed by atoms with Crippen LogP contribution in [0.5, 0.6) is 5.75 Å². The fourth-order valence-corrected chi connectivity index (χ4v) is 3.88. The highest BCUT2D eigenvalue weighted by Gasteiger charge is 2.28. The molecule has 26 heavy (non-hydrogen) atoms. The second-order valence-electron chi connectivity index (χ2n) is 6.90. The van der Waals surface area contributed by atoms with Gasteiger partial charge in [0.25, 0.3) is 5.91 Å². The molecule has 0 bridgehead atoms. The lowest BCUT2D eigenvalue weighted by molar-refractivity contribution is 0.0984. The zero-order valence-corrected chi connectivity index (χ0v) is 15.4. The fraction of sp³-hybridized carbons (Fsp3) is 0.318. The third-order valence-corrected chi connectivity index (χ3v) is 5.32. The molecule has 0 saturated heterocycles. The minimum absolute atomic E-state index is 0.0425. The molecule has 2 heterocycles. The molecule has 0 aromatic heterocycles. The van der Waals surface area contributed by atoms with Crippen LogP contribution in [0.4, 0.5) is 11.4 Å². The lowest BCUT2D eigenvalue weighted by atomic mass is 9.95. The average Bonchev–Trinajstić information content (AvgIpc) is 3.22. The predicted octanol–water partition coefficient (Wildman–Crippen LogP) is 3.97. The third kappa shape index (κ3) is 2.85. The maximum absolute atomic E-state index is 13.2. The number of hydrogen-bond acceptors (Lipinski definition) is 3. The molecular weight excluding hydrogens is 324 g/mol. The highest BCUT2D eigenvalue weighted by Crippen LogP contribution is 2.39. The summed E-state index contributed by atoms with van der Waals surface area (Å²) < 4.78 is 5.56. The Labute approximate surface area is 154 Å². The summed E-state index contributed by atoms with van der Waals surface area (Å²) in [5, 5.41) is 0. The fourth-order valence-electron chi connectivity index (χ4n) is 3.88. The van der Waals surface area contributed by atoms with E-state index in [1.54, 1.807) is 7.11 Å². The Bertz CT molecular complexity index is 847. The predicted molar refractivity (Wildman–Crippen MR) is 106 cm³/mol. The highest BCUT2D eigenvalue weighted by atomic mass is 16.5. The van der Waals surface area contributed by atoms with E-state index in [4.69, 9.17) is 4.74 Å². The van der Waals surface area contributed by atoms with Crippen molar-refractivity contribution in [2.75, 3.05) is 36.5 Å². The van der Waals surface area contributed by atoms with Gasteiger partial charge >= 0.3 is 0 Å². The Hall–Kier alpha value is -2.75. The number of carbonyl (C=O) groups is 1. The number of rotatable bonds is 3. The molecule has 4 rings (SSSR count). The van der Waals surface area contributed by atoms with Gasteiger partial charge < -0.3 is 14.5 Å². The molecule has 0 atom stereocenters. The van der Waals surface area contributed by atoms with E-state index in [1.165, 1.54) is 11.1 Å². The molecule has 1 amide bonds. The average molecular weight is 348 g/mol. The quantitative estimate of drug-likeness (QED) is 0.787. The highest BCUT2D eigenvalue weighted by molar-refractivity contribution is 6.08. The molecule has 2 aromatic rings. The van der Waals surface area contributed by atoms with Crippen LogP contribution in [-0.2, 0) is 6.42 Å². The molecule has 0 unspecified atom stereocenters. The number of benzene rings is 2. The molecule has 0 N–H and O–H groups in total. The van der Waals surface area contributed by atoms with Gasteiger partial charge in [0, 0.05) is 30.9 Å². The van der Waals surface area contributed by atoms with Crippen molar-refractivity contribution in [2.45, 2.75) is 19.8 Å². The summed E-state index contributed by atoms with van der Waals surface area (Å²) in [5.41, 5.74) is 5.26. The van der Waals surface area contributed by atoms with Gasteiger partial charge in [-0.2, -0.15) is 0 Å². The van der Waals surface area contributed by atoms with E-state index in [0.29, 0.717) is 0 Å². The number of aryl methyl sites for hydroxylation is 1. The first-order valence-electron chi connectivity index (χ1n) is 9.17. The minimum atomic E-state index is 0.0425. The smallest absolute Gasteiger partial charge is 0.258 e. The van der Waals surface area contributed by atoms with Crippen LogP contribution in [0.25, 0.3) is 0 Å². The van der Waals surface area contributed by atoms with Crippen molar-refractivity contribution in [1.29, 1.82) is 0 Å². The Morgan fingerprint density at radius 1 is 1.04 bits per heavy atom. The molecule has 134 valence electrons. The van der Waals surface area contributed by atoms with Crippen molar-refractivity contribution >= 4 is 17.3 Å². The number of amides is 1. The molecule has 4 heteroatoms. The number of ether oxygens (including phenoxy) is 1. The van der Waals surface area contributed by atoms with Crippen LogP contribution in [0.2, 0.25) is 0 Å². The first-order valence-corrected chi connectivity index (χ1v) is 9.17. The SMILES string of the molecule is COc1ccc(C)c2c1N(C(=O)c1ccc(N3CC=CC3)cc1)CCC2. The van der Waals surface area contributed by atoms with Crippen LogP contribution in [0.1, 0.15) is 27.9 Å². The van der Waals surface area contributed by atoms with Crippen LogP contribution in [-0.4, -0.2) is 32.7 Å². The largest absolute Gasteiger partial charge is 0.495 e. The van der Waals surface area contributed by atoms with E-state index in [-0.39, 0.29) is 5.91 Å². The first-order chi connectivity index (χ1) is 12.7. The summed E-state index contributed by atoms with van der Waals surface area (Å²) in [6.07, 6.45) is 6.30. The van der Waals surface area contributed by atoms with E-state index in [2.05, 4.69) is 30.0 Å². The summed E-state index contributed by atoms with van der Waals surface area (Å²) in [5.74, 6) is 0.819. The van der Waals surface area contributed by atoms with Crippen LogP contribution in [0, 0.1) is 6.92 Å². The number of methoxy groups -OCH3 is 1. The minimum Gasteiger partial charge on any atom is -0.495 e. The molecule has 0 saturated carbocycles. The van der Waals surface area contributed by atoms with E-state index in [0.717, 1.165) is 55.2 Å². The van der Waals surface area contributed by atoms with Gasteiger partial charge in [0.1, 0.15) is 5.75 Å². The van der Waals surface area contributed by atoms with Crippen molar-refractivity contribution in [3.8, 4) is 5.75 Å². The maximum atomic E-state index is 13.2. The van der Waals surface area contributed by atoms with Gasteiger partial charge in [-0.1, -0.05) is 18.2 Å². The van der Waals surface area contributed by atoms with Crippen molar-refractivity contribution in [3.05, 3.63) is 65.2 Å². The molecule has 0 fully saturated rings. The summed E-state index contributed by atoms with van der Waals surface area (Å²) >= 11 is 0. The Kier molecular flexibility index (Phi) is 4.41. The second-order valence-corrected chi connectivity index (χ2v) is 6.90. The van der Waals surface area contributed by atoms with Gasteiger partial charge in [0.05, 0.1) is 12.8 Å². The normalized spacial score (nSPS) is 15.9. The van der Waals surface area contributed by atoms with Crippen molar-refractivity contribution in [3.63, 3.8) is 0 Å². The standard InChI is InChI=1S/C22H24N2O2/c1-16-7-12-20(26-2)21-19(16)6-5-15-24(21)22(25)17-8-10-18(11-9-17)23-13-3-4-14-23/h3-4,7-12H,5-6,13-15H2,1-2H3. The lowest BCUT2D eigenvalue weighted by Crippen LogP contribution is -2.36. The van der Waals surface area contributed by atoms with Crippen LogP contribution in [0.3, 0.4) is 0 Å². The summed E-state index contributed by atoms with van der Waals surface area (Å²) in [4.78, 5) is 17.4. The molecule has 0 spiro atoms. The zero-order valence-electron chi connectivity index (χ0n) is 15.4. The van der Waals surface area contributed by atoms with Crippen LogP contribution >= 0.6 is 0 Å². The Morgan fingerprint density at radius 3 is 2.46 bits per heavy atom.